The Morgan fingerprint density at radius 3 is 2.11 bits per heavy atom. The molecule has 2 aromatic rings. The summed E-state index contributed by atoms with van der Waals surface area (Å²) in [5.74, 6) is 1.61. The second kappa shape index (κ2) is 5.76. The lowest BCUT2D eigenvalue weighted by molar-refractivity contribution is 0.393. The third-order valence-electron chi connectivity index (χ3n) is 2.68. The van der Waals surface area contributed by atoms with Crippen molar-refractivity contribution in [2.24, 2.45) is 0 Å². The predicted octanol–water partition coefficient (Wildman–Crippen LogP) is 4.56. The van der Waals surface area contributed by atoms with Crippen LogP contribution in [-0.2, 0) is 0 Å². The first-order valence-corrected chi connectivity index (χ1v) is 7.30. The summed E-state index contributed by atoms with van der Waals surface area (Å²) in [6.45, 7) is 2.11. The molecule has 1 aromatic carbocycles. The summed E-state index contributed by atoms with van der Waals surface area (Å²) in [5, 5.41) is 0. The Balaban J connectivity index is 2.37. The van der Waals surface area contributed by atoms with E-state index in [2.05, 4.69) is 35.0 Å². The van der Waals surface area contributed by atoms with Crippen molar-refractivity contribution < 1.29 is 9.47 Å². The minimum atomic E-state index is 0.167. The van der Waals surface area contributed by atoms with Crippen LogP contribution in [0.1, 0.15) is 20.1 Å². The van der Waals surface area contributed by atoms with Gasteiger partial charge < -0.3 is 9.47 Å². The van der Waals surface area contributed by atoms with Crippen molar-refractivity contribution in [2.45, 2.75) is 11.8 Å². The molecule has 1 aromatic heterocycles. The molecule has 18 heavy (non-hydrogen) atoms. The topological polar surface area (TPSA) is 18.5 Å². The second-order valence-electron chi connectivity index (χ2n) is 3.96. The number of thiophene rings is 1. The van der Waals surface area contributed by atoms with E-state index in [4.69, 9.17) is 9.47 Å². The van der Waals surface area contributed by atoms with Crippen molar-refractivity contribution in [2.75, 3.05) is 14.2 Å². The van der Waals surface area contributed by atoms with Crippen molar-refractivity contribution in [1.82, 2.24) is 0 Å². The standard InChI is InChI=1S/C14H15BrO2S/c1-9-4-5-13(18-9)14(15)10-6-11(16-2)8-12(7-10)17-3/h4-8,14H,1-3H3. The molecule has 0 radical (unpaired) electrons. The first-order valence-electron chi connectivity index (χ1n) is 5.57. The van der Waals surface area contributed by atoms with Gasteiger partial charge in [-0.05, 0) is 36.8 Å². The highest BCUT2D eigenvalue weighted by molar-refractivity contribution is 9.09. The summed E-state index contributed by atoms with van der Waals surface area (Å²) in [5.41, 5.74) is 1.13. The number of hydrogen-bond donors (Lipinski definition) is 0. The first-order chi connectivity index (χ1) is 8.63. The molecule has 2 nitrogen and oxygen atoms in total. The monoisotopic (exact) mass is 326 g/mol. The van der Waals surface area contributed by atoms with Crippen molar-refractivity contribution in [1.29, 1.82) is 0 Å². The van der Waals surface area contributed by atoms with Gasteiger partial charge in [0.1, 0.15) is 11.5 Å². The number of rotatable bonds is 4. The Labute approximate surface area is 120 Å². The molecule has 0 saturated heterocycles. The third-order valence-corrected chi connectivity index (χ3v) is 5.07. The van der Waals surface area contributed by atoms with Gasteiger partial charge in [-0.1, -0.05) is 15.9 Å². The van der Waals surface area contributed by atoms with E-state index in [1.54, 1.807) is 25.6 Å². The molecule has 0 aliphatic rings. The van der Waals surface area contributed by atoms with Crippen LogP contribution in [0.3, 0.4) is 0 Å². The second-order valence-corrected chi connectivity index (χ2v) is 6.19. The molecule has 0 aliphatic carbocycles. The molecule has 0 N–H and O–H groups in total. The zero-order valence-corrected chi connectivity index (χ0v) is 13.0. The van der Waals surface area contributed by atoms with E-state index >= 15 is 0 Å². The van der Waals surface area contributed by atoms with Crippen LogP contribution < -0.4 is 9.47 Å². The summed E-state index contributed by atoms with van der Waals surface area (Å²) in [7, 11) is 3.33. The van der Waals surface area contributed by atoms with Crippen molar-refractivity contribution >= 4 is 27.3 Å². The van der Waals surface area contributed by atoms with Gasteiger partial charge in [0.25, 0.3) is 0 Å². The highest BCUT2D eigenvalue weighted by Crippen LogP contribution is 2.38. The summed E-state index contributed by atoms with van der Waals surface area (Å²) in [6.07, 6.45) is 0. The van der Waals surface area contributed by atoms with Gasteiger partial charge in [-0.25, -0.2) is 0 Å². The number of ether oxygens (including phenoxy) is 2. The fourth-order valence-corrected chi connectivity index (χ4v) is 3.31. The van der Waals surface area contributed by atoms with Crippen LogP contribution in [0.2, 0.25) is 0 Å². The SMILES string of the molecule is COc1cc(OC)cc(C(Br)c2ccc(C)s2)c1. The molecule has 0 saturated carbocycles. The molecule has 4 heteroatoms. The van der Waals surface area contributed by atoms with E-state index < -0.39 is 0 Å². The van der Waals surface area contributed by atoms with Gasteiger partial charge in [0.15, 0.2) is 0 Å². The summed E-state index contributed by atoms with van der Waals surface area (Å²) in [4.78, 5) is 2.76. The number of hydrogen-bond acceptors (Lipinski definition) is 3. The fraction of sp³-hybridized carbons (Fsp3) is 0.286. The van der Waals surface area contributed by atoms with Gasteiger partial charge in [0, 0.05) is 15.8 Å². The summed E-state index contributed by atoms with van der Waals surface area (Å²) in [6, 6.07) is 10.2. The van der Waals surface area contributed by atoms with Gasteiger partial charge in [-0.15, -0.1) is 11.3 Å². The number of alkyl halides is 1. The fourth-order valence-electron chi connectivity index (χ4n) is 1.73. The van der Waals surface area contributed by atoms with Gasteiger partial charge in [0.2, 0.25) is 0 Å². The molecule has 1 unspecified atom stereocenters. The molecule has 1 atom stereocenters. The van der Waals surface area contributed by atoms with Gasteiger partial charge in [-0.2, -0.15) is 0 Å². The molecule has 1 heterocycles. The van der Waals surface area contributed by atoms with Crippen LogP contribution >= 0.6 is 27.3 Å². The quantitative estimate of drug-likeness (QED) is 0.767. The van der Waals surface area contributed by atoms with Crippen molar-refractivity contribution in [3.63, 3.8) is 0 Å². The minimum Gasteiger partial charge on any atom is -0.497 e. The molecule has 0 spiro atoms. The summed E-state index contributed by atoms with van der Waals surface area (Å²) >= 11 is 5.52. The molecular formula is C14H15BrO2S. The Hall–Kier alpha value is -1.00. The van der Waals surface area contributed by atoms with Crippen LogP contribution in [0, 0.1) is 6.92 Å². The van der Waals surface area contributed by atoms with Gasteiger partial charge in [-0.3, -0.25) is 0 Å². The number of benzene rings is 1. The smallest absolute Gasteiger partial charge is 0.122 e. The van der Waals surface area contributed by atoms with Crippen molar-refractivity contribution in [3.8, 4) is 11.5 Å². The summed E-state index contributed by atoms with van der Waals surface area (Å²) < 4.78 is 10.6. The van der Waals surface area contributed by atoms with Gasteiger partial charge in [0.05, 0.1) is 19.0 Å². The maximum atomic E-state index is 5.29. The highest BCUT2D eigenvalue weighted by atomic mass is 79.9. The van der Waals surface area contributed by atoms with E-state index in [9.17, 15) is 0 Å². The Morgan fingerprint density at radius 1 is 1.06 bits per heavy atom. The lowest BCUT2D eigenvalue weighted by Crippen LogP contribution is -1.94. The molecule has 0 fully saturated rings. The normalized spacial score (nSPS) is 12.2. The van der Waals surface area contributed by atoms with E-state index in [1.165, 1.54) is 9.75 Å². The third kappa shape index (κ3) is 2.87. The lowest BCUT2D eigenvalue weighted by atomic mass is 10.1. The van der Waals surface area contributed by atoms with Crippen LogP contribution in [0.25, 0.3) is 0 Å². The molecule has 0 amide bonds. The van der Waals surface area contributed by atoms with Crippen LogP contribution in [-0.4, -0.2) is 14.2 Å². The largest absolute Gasteiger partial charge is 0.497 e. The molecule has 0 aliphatic heterocycles. The zero-order chi connectivity index (χ0) is 13.1. The zero-order valence-electron chi connectivity index (χ0n) is 10.6. The molecular weight excluding hydrogens is 312 g/mol. The number of aryl methyl sites for hydroxylation is 1. The van der Waals surface area contributed by atoms with Crippen LogP contribution in [0.4, 0.5) is 0 Å². The predicted molar refractivity (Wildman–Crippen MR) is 79.4 cm³/mol. The molecule has 0 bridgehead atoms. The van der Waals surface area contributed by atoms with Crippen molar-refractivity contribution in [3.05, 3.63) is 45.6 Å². The van der Waals surface area contributed by atoms with Crippen LogP contribution in [0.5, 0.6) is 11.5 Å². The number of halogens is 1. The Bertz CT molecular complexity index is 514. The van der Waals surface area contributed by atoms with E-state index in [1.807, 2.05) is 18.2 Å². The van der Waals surface area contributed by atoms with Gasteiger partial charge >= 0.3 is 0 Å². The highest BCUT2D eigenvalue weighted by Gasteiger charge is 2.14. The lowest BCUT2D eigenvalue weighted by Gasteiger charge is -2.12. The van der Waals surface area contributed by atoms with E-state index in [0.717, 1.165) is 17.1 Å². The van der Waals surface area contributed by atoms with E-state index in [-0.39, 0.29) is 4.83 Å². The number of methoxy groups -OCH3 is 2. The average molecular weight is 327 g/mol. The molecule has 96 valence electrons. The maximum Gasteiger partial charge on any atom is 0.122 e. The Kier molecular flexibility index (Phi) is 4.30. The first kappa shape index (κ1) is 13.4. The minimum absolute atomic E-state index is 0.167. The average Bonchev–Trinajstić information content (AvgIpc) is 2.83. The Morgan fingerprint density at radius 2 is 1.67 bits per heavy atom. The molecule has 2 rings (SSSR count). The van der Waals surface area contributed by atoms with Crippen LogP contribution in [0.15, 0.2) is 30.3 Å². The maximum absolute atomic E-state index is 5.29. The van der Waals surface area contributed by atoms with E-state index in [0.29, 0.717) is 0 Å².